The molecule has 1 aromatic rings. The molecule has 3 nitrogen and oxygen atoms in total. The molecule has 0 aliphatic carbocycles. The van der Waals surface area contributed by atoms with Crippen molar-refractivity contribution in [1.82, 2.24) is 9.80 Å². The molecule has 0 saturated carbocycles. The highest BCUT2D eigenvalue weighted by Gasteiger charge is 2.41. The first-order chi connectivity index (χ1) is 10.0. The van der Waals surface area contributed by atoms with Crippen LogP contribution < -0.4 is 0 Å². The lowest BCUT2D eigenvalue weighted by Gasteiger charge is -2.23. The smallest absolute Gasteiger partial charge is 0.225 e. The molecule has 2 saturated heterocycles. The Morgan fingerprint density at radius 2 is 1.81 bits per heavy atom. The van der Waals surface area contributed by atoms with Crippen LogP contribution in [-0.4, -0.2) is 41.9 Å². The van der Waals surface area contributed by atoms with E-state index in [0.717, 1.165) is 31.7 Å². The van der Waals surface area contributed by atoms with Crippen LogP contribution in [0, 0.1) is 23.6 Å². The summed E-state index contributed by atoms with van der Waals surface area (Å²) in [5.41, 5.74) is 0.771. The molecular weight excluding hydrogens is 267 g/mol. The van der Waals surface area contributed by atoms with E-state index in [4.69, 9.17) is 0 Å². The van der Waals surface area contributed by atoms with Gasteiger partial charge >= 0.3 is 0 Å². The Morgan fingerprint density at radius 1 is 1.19 bits per heavy atom. The summed E-state index contributed by atoms with van der Waals surface area (Å²) in [5.74, 6) is 1.34. The molecule has 1 aromatic carbocycles. The maximum absolute atomic E-state index is 13.7. The second-order valence-corrected chi connectivity index (χ2v) is 6.70. The summed E-state index contributed by atoms with van der Waals surface area (Å²) < 4.78 is 13.7. The van der Waals surface area contributed by atoms with Crippen LogP contribution in [0.2, 0.25) is 0 Å². The SMILES string of the molecule is CC(C)C(=O)N1CC2CN(Cc3ccccc3F)CC2C1. The summed E-state index contributed by atoms with van der Waals surface area (Å²) in [6, 6.07) is 7.00. The lowest BCUT2D eigenvalue weighted by atomic mass is 10.0. The van der Waals surface area contributed by atoms with Crippen LogP contribution in [0.5, 0.6) is 0 Å². The molecule has 2 aliphatic heterocycles. The van der Waals surface area contributed by atoms with Gasteiger partial charge in [0.05, 0.1) is 0 Å². The number of hydrogen-bond acceptors (Lipinski definition) is 2. The number of benzene rings is 1. The summed E-state index contributed by atoms with van der Waals surface area (Å²) in [5, 5.41) is 0. The molecule has 3 rings (SSSR count). The topological polar surface area (TPSA) is 23.6 Å². The van der Waals surface area contributed by atoms with Crippen molar-refractivity contribution in [2.75, 3.05) is 26.2 Å². The van der Waals surface area contributed by atoms with Crippen LogP contribution in [0.1, 0.15) is 19.4 Å². The molecule has 2 fully saturated rings. The Hall–Kier alpha value is -1.42. The zero-order valence-corrected chi connectivity index (χ0v) is 12.8. The van der Waals surface area contributed by atoms with Gasteiger partial charge in [-0.05, 0) is 17.9 Å². The van der Waals surface area contributed by atoms with Gasteiger partial charge in [-0.1, -0.05) is 32.0 Å². The Kier molecular flexibility index (Phi) is 3.98. The first kappa shape index (κ1) is 14.5. The number of carbonyl (C=O) groups excluding carboxylic acids is 1. The maximum atomic E-state index is 13.7. The van der Waals surface area contributed by atoms with E-state index in [9.17, 15) is 9.18 Å². The van der Waals surface area contributed by atoms with Gasteiger partial charge < -0.3 is 4.90 Å². The van der Waals surface area contributed by atoms with Gasteiger partial charge in [0.2, 0.25) is 5.91 Å². The largest absolute Gasteiger partial charge is 0.342 e. The molecule has 21 heavy (non-hydrogen) atoms. The highest BCUT2D eigenvalue weighted by molar-refractivity contribution is 5.78. The van der Waals surface area contributed by atoms with Crippen molar-refractivity contribution >= 4 is 5.91 Å². The van der Waals surface area contributed by atoms with Crippen LogP contribution in [0.25, 0.3) is 0 Å². The number of amides is 1. The van der Waals surface area contributed by atoms with Crippen molar-refractivity contribution in [3.05, 3.63) is 35.6 Å². The molecule has 2 heterocycles. The van der Waals surface area contributed by atoms with E-state index in [0.29, 0.717) is 18.4 Å². The van der Waals surface area contributed by atoms with E-state index in [2.05, 4.69) is 4.90 Å². The van der Waals surface area contributed by atoms with Gasteiger partial charge in [-0.2, -0.15) is 0 Å². The van der Waals surface area contributed by atoms with E-state index < -0.39 is 0 Å². The third-order valence-electron chi connectivity index (χ3n) is 4.72. The van der Waals surface area contributed by atoms with Crippen LogP contribution >= 0.6 is 0 Å². The highest BCUT2D eigenvalue weighted by atomic mass is 19.1. The first-order valence-electron chi connectivity index (χ1n) is 7.79. The third-order valence-corrected chi connectivity index (χ3v) is 4.72. The van der Waals surface area contributed by atoms with Gasteiger partial charge in [0, 0.05) is 44.2 Å². The van der Waals surface area contributed by atoms with E-state index >= 15 is 0 Å². The molecule has 0 radical (unpaired) electrons. The first-order valence-corrected chi connectivity index (χ1v) is 7.79. The van der Waals surface area contributed by atoms with E-state index in [1.54, 1.807) is 6.07 Å². The molecule has 0 bridgehead atoms. The fourth-order valence-corrected chi connectivity index (χ4v) is 3.63. The number of nitrogens with zero attached hydrogens (tertiary/aromatic N) is 2. The zero-order valence-electron chi connectivity index (χ0n) is 12.8. The number of carbonyl (C=O) groups is 1. The molecule has 2 atom stereocenters. The van der Waals surface area contributed by atoms with Crippen molar-refractivity contribution in [2.24, 2.45) is 17.8 Å². The minimum absolute atomic E-state index is 0.0818. The number of fused-ring (bicyclic) bond motifs is 1. The van der Waals surface area contributed by atoms with Gasteiger partial charge in [-0.15, -0.1) is 0 Å². The molecule has 2 aliphatic rings. The standard InChI is InChI=1S/C17H23FN2O/c1-12(2)17(21)20-10-14-8-19(9-15(14)11-20)7-13-5-3-4-6-16(13)18/h3-6,12,14-15H,7-11H2,1-2H3. The minimum atomic E-state index is -0.119. The second-order valence-electron chi connectivity index (χ2n) is 6.70. The normalized spacial score (nSPS) is 25.6. The summed E-state index contributed by atoms with van der Waals surface area (Å²) in [4.78, 5) is 16.4. The Balaban J connectivity index is 1.57. The number of halogens is 1. The predicted octanol–water partition coefficient (Wildman–Crippen LogP) is 2.37. The Morgan fingerprint density at radius 3 is 2.38 bits per heavy atom. The van der Waals surface area contributed by atoms with Crippen LogP contribution in [-0.2, 0) is 11.3 Å². The summed E-state index contributed by atoms with van der Waals surface area (Å²) >= 11 is 0. The minimum Gasteiger partial charge on any atom is -0.342 e. The van der Waals surface area contributed by atoms with E-state index in [1.165, 1.54) is 6.07 Å². The van der Waals surface area contributed by atoms with Gasteiger partial charge in [0.15, 0.2) is 0 Å². The number of likely N-dealkylation sites (tertiary alicyclic amines) is 2. The van der Waals surface area contributed by atoms with Crippen molar-refractivity contribution < 1.29 is 9.18 Å². The van der Waals surface area contributed by atoms with E-state index in [1.807, 2.05) is 30.9 Å². The van der Waals surface area contributed by atoms with Crippen LogP contribution in [0.4, 0.5) is 4.39 Å². The molecule has 0 aromatic heterocycles. The fraction of sp³-hybridized carbons (Fsp3) is 0.588. The number of rotatable bonds is 3. The summed E-state index contributed by atoms with van der Waals surface area (Å²) in [7, 11) is 0. The average Bonchev–Trinajstić information content (AvgIpc) is 2.98. The summed E-state index contributed by atoms with van der Waals surface area (Å²) in [6.45, 7) is 8.28. The highest BCUT2D eigenvalue weighted by Crippen LogP contribution is 2.32. The Bertz CT molecular complexity index is 517. The van der Waals surface area contributed by atoms with Gasteiger partial charge in [-0.3, -0.25) is 9.69 Å². The quantitative estimate of drug-likeness (QED) is 0.853. The molecule has 0 N–H and O–H groups in total. The molecule has 4 heteroatoms. The van der Waals surface area contributed by atoms with Crippen molar-refractivity contribution in [2.45, 2.75) is 20.4 Å². The lowest BCUT2D eigenvalue weighted by molar-refractivity contribution is -0.133. The van der Waals surface area contributed by atoms with Crippen LogP contribution in [0.3, 0.4) is 0 Å². The van der Waals surface area contributed by atoms with E-state index in [-0.39, 0.29) is 17.6 Å². The summed E-state index contributed by atoms with van der Waals surface area (Å²) in [6.07, 6.45) is 0. The van der Waals surface area contributed by atoms with Crippen molar-refractivity contribution in [3.8, 4) is 0 Å². The van der Waals surface area contributed by atoms with Gasteiger partial charge in [0.1, 0.15) is 5.82 Å². The number of hydrogen-bond donors (Lipinski definition) is 0. The van der Waals surface area contributed by atoms with Crippen molar-refractivity contribution in [1.29, 1.82) is 0 Å². The third kappa shape index (κ3) is 2.95. The zero-order chi connectivity index (χ0) is 15.0. The Labute approximate surface area is 125 Å². The van der Waals surface area contributed by atoms with Gasteiger partial charge in [0.25, 0.3) is 0 Å². The fourth-order valence-electron chi connectivity index (χ4n) is 3.63. The predicted molar refractivity (Wildman–Crippen MR) is 80.1 cm³/mol. The molecule has 114 valence electrons. The maximum Gasteiger partial charge on any atom is 0.225 e. The molecule has 0 spiro atoms. The monoisotopic (exact) mass is 290 g/mol. The molecule has 2 unspecified atom stereocenters. The second kappa shape index (κ2) is 5.76. The molecule has 1 amide bonds. The van der Waals surface area contributed by atoms with Crippen molar-refractivity contribution in [3.63, 3.8) is 0 Å². The lowest BCUT2D eigenvalue weighted by Crippen LogP contribution is -2.35. The molecular formula is C17H23FN2O. The van der Waals surface area contributed by atoms with Crippen LogP contribution in [0.15, 0.2) is 24.3 Å². The van der Waals surface area contributed by atoms with Gasteiger partial charge in [-0.25, -0.2) is 4.39 Å². The average molecular weight is 290 g/mol.